The first-order chi connectivity index (χ1) is 23.2. The number of methoxy groups -OCH3 is 3. The quantitative estimate of drug-likeness (QED) is 0.201. The average Bonchev–Trinajstić information content (AvgIpc) is 3.54. The van der Waals surface area contributed by atoms with Gasteiger partial charge in [-0.15, -0.1) is 0 Å². The predicted octanol–water partition coefficient (Wildman–Crippen LogP) is 8.82. The number of hydrogen-bond acceptors (Lipinski definition) is 5. The standard InChI is InChI=1S/C41H43N3O4/c1-41(2,3)28-22-27(19-25-20-35(46-4)39(48-6)36(21-25)47-5)38-31(23-28)37(30-12-8-10-14-34(30)43-38)40(45)44-17-15-26(16-18-44)32-24-42-33-13-9-7-11-29(32)33/h7-15,19-21,24,28,42H,16-18,22-23H2,1-6H3/b27-19-. The highest BCUT2D eigenvalue weighted by Crippen LogP contribution is 2.46. The number of carbonyl (C=O) groups is 1. The molecular weight excluding hydrogens is 598 g/mol. The molecule has 0 fully saturated rings. The highest BCUT2D eigenvalue weighted by molar-refractivity contribution is 6.09. The number of aromatic amines is 1. The number of H-pyrrole nitrogens is 1. The molecule has 1 unspecified atom stereocenters. The summed E-state index contributed by atoms with van der Waals surface area (Å²) in [7, 11) is 4.87. The molecule has 1 atom stereocenters. The number of aromatic nitrogens is 2. The van der Waals surface area contributed by atoms with E-state index in [-0.39, 0.29) is 11.3 Å². The van der Waals surface area contributed by atoms with Gasteiger partial charge in [0.15, 0.2) is 11.5 Å². The maximum atomic E-state index is 14.7. The van der Waals surface area contributed by atoms with Crippen molar-refractivity contribution in [2.75, 3.05) is 34.4 Å². The summed E-state index contributed by atoms with van der Waals surface area (Å²) < 4.78 is 16.9. The normalized spacial score (nSPS) is 17.4. The first kappa shape index (κ1) is 31.6. The lowest BCUT2D eigenvalue weighted by Gasteiger charge is -2.37. The summed E-state index contributed by atoms with van der Waals surface area (Å²) >= 11 is 0. The minimum atomic E-state index is 0.0140. The van der Waals surface area contributed by atoms with Crippen LogP contribution in [-0.4, -0.2) is 55.2 Å². The molecule has 1 aliphatic heterocycles. The summed E-state index contributed by atoms with van der Waals surface area (Å²) in [6.45, 7) is 8.09. The SMILES string of the molecule is COc1cc(/C=C2/CC(C(C)(C)C)Cc3c2nc2ccccc2c3C(=O)N2CC=C(c3c[nH]c4ccccc34)CC2)cc(OC)c1OC. The molecule has 7 heteroatoms. The highest BCUT2D eigenvalue weighted by Gasteiger charge is 2.36. The largest absolute Gasteiger partial charge is 0.493 e. The van der Waals surface area contributed by atoms with Crippen molar-refractivity contribution in [2.45, 2.75) is 40.0 Å². The Bertz CT molecular complexity index is 2070. The Morgan fingerprint density at radius 1 is 0.938 bits per heavy atom. The van der Waals surface area contributed by atoms with Crippen molar-refractivity contribution in [3.63, 3.8) is 0 Å². The Morgan fingerprint density at radius 2 is 1.65 bits per heavy atom. The van der Waals surface area contributed by atoms with Gasteiger partial charge in [0.1, 0.15) is 0 Å². The van der Waals surface area contributed by atoms with E-state index in [1.165, 1.54) is 16.5 Å². The van der Waals surface area contributed by atoms with Gasteiger partial charge in [-0.2, -0.15) is 0 Å². The van der Waals surface area contributed by atoms with E-state index in [9.17, 15) is 4.79 Å². The van der Waals surface area contributed by atoms with Gasteiger partial charge in [-0.3, -0.25) is 4.79 Å². The van der Waals surface area contributed by atoms with Gasteiger partial charge in [-0.1, -0.05) is 63.2 Å². The minimum Gasteiger partial charge on any atom is -0.493 e. The van der Waals surface area contributed by atoms with Gasteiger partial charge >= 0.3 is 0 Å². The summed E-state index contributed by atoms with van der Waals surface area (Å²) in [4.78, 5) is 25.4. The van der Waals surface area contributed by atoms with Crippen molar-refractivity contribution in [3.05, 3.63) is 101 Å². The van der Waals surface area contributed by atoms with Crippen LogP contribution in [0.15, 0.2) is 72.9 Å². The number of nitrogens with one attached hydrogen (secondary N) is 1. The number of para-hydroxylation sites is 2. The van der Waals surface area contributed by atoms with Crippen molar-refractivity contribution < 1.29 is 19.0 Å². The number of rotatable bonds is 6. The number of amides is 1. The van der Waals surface area contributed by atoms with Crippen molar-refractivity contribution in [1.82, 2.24) is 14.9 Å². The van der Waals surface area contributed by atoms with Crippen molar-refractivity contribution in [1.29, 1.82) is 0 Å². The number of allylic oxidation sites excluding steroid dienone is 1. The lowest BCUT2D eigenvalue weighted by Crippen LogP contribution is -2.36. The maximum absolute atomic E-state index is 14.7. The van der Waals surface area contributed by atoms with Crippen LogP contribution in [-0.2, 0) is 6.42 Å². The van der Waals surface area contributed by atoms with E-state index in [1.807, 2.05) is 41.3 Å². The van der Waals surface area contributed by atoms with Crippen molar-refractivity contribution in [2.24, 2.45) is 11.3 Å². The molecule has 0 bridgehead atoms. The van der Waals surface area contributed by atoms with E-state index in [2.05, 4.69) is 68.4 Å². The first-order valence-corrected chi connectivity index (χ1v) is 16.7. The minimum absolute atomic E-state index is 0.0140. The van der Waals surface area contributed by atoms with Crippen LogP contribution in [0.25, 0.3) is 39.0 Å². The molecule has 1 aliphatic carbocycles. The number of benzene rings is 3. The van der Waals surface area contributed by atoms with Crippen molar-refractivity contribution >= 4 is 44.9 Å². The highest BCUT2D eigenvalue weighted by atomic mass is 16.5. The molecule has 0 saturated heterocycles. The summed E-state index contributed by atoms with van der Waals surface area (Å²) in [5, 5.41) is 2.13. The number of ether oxygens (including phenoxy) is 3. The fourth-order valence-corrected chi connectivity index (χ4v) is 7.36. The Morgan fingerprint density at radius 3 is 2.31 bits per heavy atom. The molecule has 2 aromatic heterocycles. The number of fused-ring (bicyclic) bond motifs is 3. The second-order valence-corrected chi connectivity index (χ2v) is 13.9. The maximum Gasteiger partial charge on any atom is 0.255 e. The molecule has 0 spiro atoms. The van der Waals surface area contributed by atoms with Crippen LogP contribution < -0.4 is 14.2 Å². The molecule has 7 rings (SSSR count). The molecular formula is C41H43N3O4. The number of hydrogen-bond donors (Lipinski definition) is 1. The van der Waals surface area contributed by atoms with E-state index < -0.39 is 0 Å². The molecule has 3 heterocycles. The van der Waals surface area contributed by atoms with Crippen LogP contribution in [0.5, 0.6) is 17.2 Å². The zero-order valence-electron chi connectivity index (χ0n) is 28.6. The third kappa shape index (κ3) is 5.61. The zero-order valence-corrected chi connectivity index (χ0v) is 28.6. The lowest BCUT2D eigenvalue weighted by atomic mass is 9.68. The fourth-order valence-electron chi connectivity index (χ4n) is 7.36. The second kappa shape index (κ2) is 12.5. The van der Waals surface area contributed by atoms with Crippen LogP contribution in [0.1, 0.15) is 66.4 Å². The van der Waals surface area contributed by atoms with E-state index in [4.69, 9.17) is 19.2 Å². The van der Waals surface area contributed by atoms with Gasteiger partial charge in [0.25, 0.3) is 5.91 Å². The Hall–Kier alpha value is -5.04. The Balaban J connectivity index is 1.33. The molecule has 3 aromatic carbocycles. The van der Waals surface area contributed by atoms with E-state index in [0.29, 0.717) is 36.3 Å². The molecule has 1 N–H and O–H groups in total. The van der Waals surface area contributed by atoms with Gasteiger partial charge in [-0.25, -0.2) is 4.98 Å². The average molecular weight is 642 g/mol. The molecule has 0 saturated carbocycles. The summed E-state index contributed by atoms with van der Waals surface area (Å²) in [6.07, 6.45) is 8.92. The molecule has 7 nitrogen and oxygen atoms in total. The molecule has 2 aliphatic rings. The van der Waals surface area contributed by atoms with Gasteiger partial charge in [0, 0.05) is 41.1 Å². The Labute approximate surface area is 282 Å². The Kier molecular flexibility index (Phi) is 8.24. The monoisotopic (exact) mass is 641 g/mol. The van der Waals surface area contributed by atoms with Crippen LogP contribution >= 0.6 is 0 Å². The lowest BCUT2D eigenvalue weighted by molar-refractivity contribution is 0.0772. The fraction of sp³-hybridized carbons (Fsp3) is 0.317. The number of carbonyl (C=O) groups excluding carboxylic acids is 1. The van der Waals surface area contributed by atoms with Crippen LogP contribution in [0.2, 0.25) is 0 Å². The summed E-state index contributed by atoms with van der Waals surface area (Å²) in [5.74, 6) is 2.13. The smallest absolute Gasteiger partial charge is 0.255 e. The van der Waals surface area contributed by atoms with Crippen LogP contribution in [0.4, 0.5) is 0 Å². The molecule has 48 heavy (non-hydrogen) atoms. The molecule has 5 aromatic rings. The van der Waals surface area contributed by atoms with Crippen LogP contribution in [0, 0.1) is 11.3 Å². The summed E-state index contributed by atoms with van der Waals surface area (Å²) in [6, 6.07) is 20.4. The second-order valence-electron chi connectivity index (χ2n) is 13.9. The van der Waals surface area contributed by atoms with Crippen LogP contribution in [0.3, 0.4) is 0 Å². The zero-order chi connectivity index (χ0) is 33.6. The summed E-state index contributed by atoms with van der Waals surface area (Å²) in [5.41, 5.74) is 9.22. The topological polar surface area (TPSA) is 76.7 Å². The number of pyridine rings is 1. The third-order valence-electron chi connectivity index (χ3n) is 10.1. The first-order valence-electron chi connectivity index (χ1n) is 16.7. The van der Waals surface area contributed by atoms with E-state index in [0.717, 1.165) is 63.6 Å². The predicted molar refractivity (Wildman–Crippen MR) is 194 cm³/mol. The number of nitrogens with zero attached hydrogens (tertiary/aromatic N) is 2. The van der Waals surface area contributed by atoms with Gasteiger partial charge in [0.05, 0.1) is 38.1 Å². The molecule has 246 valence electrons. The van der Waals surface area contributed by atoms with Gasteiger partial charge in [-0.05, 0) is 83.2 Å². The van der Waals surface area contributed by atoms with E-state index >= 15 is 0 Å². The third-order valence-corrected chi connectivity index (χ3v) is 10.1. The van der Waals surface area contributed by atoms with Gasteiger partial charge < -0.3 is 24.1 Å². The van der Waals surface area contributed by atoms with E-state index in [1.54, 1.807) is 21.3 Å². The van der Waals surface area contributed by atoms with Gasteiger partial charge in [0.2, 0.25) is 5.75 Å². The molecule has 0 radical (unpaired) electrons. The van der Waals surface area contributed by atoms with Crippen molar-refractivity contribution in [3.8, 4) is 17.2 Å². The molecule has 1 amide bonds.